The molecule has 1 aliphatic heterocycles. The van der Waals surface area contributed by atoms with Gasteiger partial charge in [0.15, 0.2) is 7.14 Å². The molecule has 4 heteroatoms. The summed E-state index contributed by atoms with van der Waals surface area (Å²) in [6.45, 7) is 0. The highest BCUT2D eigenvalue weighted by molar-refractivity contribution is 7.89. The molecule has 33 heavy (non-hydrogen) atoms. The van der Waals surface area contributed by atoms with Crippen molar-refractivity contribution in [3.8, 4) is 22.3 Å². The van der Waals surface area contributed by atoms with Gasteiger partial charge in [0.2, 0.25) is 0 Å². The summed E-state index contributed by atoms with van der Waals surface area (Å²) in [4.78, 5) is 4.79. The van der Waals surface area contributed by atoms with Crippen LogP contribution in [0.5, 0.6) is 0 Å². The Bertz CT molecular complexity index is 1750. The number of fused-ring (bicyclic) bond motifs is 10. The molecular formula is C29H18NOPS. The van der Waals surface area contributed by atoms with E-state index in [1.54, 1.807) is 11.3 Å². The Morgan fingerprint density at radius 2 is 1.33 bits per heavy atom. The van der Waals surface area contributed by atoms with Gasteiger partial charge in [0.1, 0.15) is 0 Å². The Balaban J connectivity index is 1.78. The highest BCUT2D eigenvalue weighted by Gasteiger charge is 2.39. The molecule has 0 spiro atoms. The molecule has 1 aliphatic rings. The number of hydrogen-bond donors (Lipinski definition) is 0. The lowest BCUT2D eigenvalue weighted by molar-refractivity contribution is 0.593. The summed E-state index contributed by atoms with van der Waals surface area (Å²) >= 11 is 1.60. The fourth-order valence-electron chi connectivity index (χ4n) is 5.26. The van der Waals surface area contributed by atoms with Crippen molar-refractivity contribution in [1.82, 2.24) is 4.98 Å². The first kappa shape index (κ1) is 19.0. The average molecular weight is 460 g/mol. The molecule has 0 aliphatic carbocycles. The van der Waals surface area contributed by atoms with Gasteiger partial charge in [0, 0.05) is 38.7 Å². The van der Waals surface area contributed by atoms with Crippen LogP contribution in [0.1, 0.15) is 0 Å². The van der Waals surface area contributed by atoms with Crippen molar-refractivity contribution >= 4 is 55.4 Å². The molecule has 1 unspecified atom stereocenters. The van der Waals surface area contributed by atoms with Crippen molar-refractivity contribution in [3.05, 3.63) is 109 Å². The minimum atomic E-state index is -3.08. The van der Waals surface area contributed by atoms with Crippen LogP contribution in [0.4, 0.5) is 0 Å². The van der Waals surface area contributed by atoms with Crippen LogP contribution >= 0.6 is 18.5 Å². The largest absolute Gasteiger partial charge is 0.308 e. The highest BCUT2D eigenvalue weighted by Crippen LogP contribution is 2.55. The van der Waals surface area contributed by atoms with Crippen LogP contribution in [0.2, 0.25) is 0 Å². The number of benzene rings is 4. The topological polar surface area (TPSA) is 30.0 Å². The monoisotopic (exact) mass is 459 g/mol. The number of thiophene rings is 1. The van der Waals surface area contributed by atoms with Crippen molar-refractivity contribution in [3.63, 3.8) is 0 Å². The van der Waals surface area contributed by atoms with Crippen molar-refractivity contribution < 1.29 is 4.57 Å². The van der Waals surface area contributed by atoms with Gasteiger partial charge >= 0.3 is 0 Å². The van der Waals surface area contributed by atoms with E-state index in [1.807, 2.05) is 48.7 Å². The summed E-state index contributed by atoms with van der Waals surface area (Å²) in [5.74, 6) is 0. The minimum Gasteiger partial charge on any atom is -0.308 e. The van der Waals surface area contributed by atoms with Gasteiger partial charge in [-0.25, -0.2) is 0 Å². The van der Waals surface area contributed by atoms with Crippen molar-refractivity contribution in [2.45, 2.75) is 0 Å². The zero-order valence-electron chi connectivity index (χ0n) is 17.6. The van der Waals surface area contributed by atoms with Crippen LogP contribution in [0.3, 0.4) is 0 Å². The summed E-state index contributed by atoms with van der Waals surface area (Å²) in [5.41, 5.74) is 5.37. The molecule has 0 N–H and O–H groups in total. The minimum absolute atomic E-state index is 0.876. The van der Waals surface area contributed by atoms with Gasteiger partial charge in [-0.1, -0.05) is 84.9 Å². The van der Waals surface area contributed by atoms with E-state index in [2.05, 4.69) is 60.0 Å². The Hall–Kier alpha value is -3.52. The number of aromatic nitrogens is 1. The second kappa shape index (κ2) is 6.99. The lowest BCUT2D eigenvalue weighted by Gasteiger charge is -2.20. The molecule has 6 aromatic rings. The van der Waals surface area contributed by atoms with Gasteiger partial charge in [0.05, 0.1) is 10.1 Å². The molecule has 0 amide bonds. The molecule has 1 atom stereocenters. The summed E-state index contributed by atoms with van der Waals surface area (Å²) in [5, 5.41) is 7.23. The molecule has 7 rings (SSSR count). The van der Waals surface area contributed by atoms with E-state index in [1.165, 1.54) is 0 Å². The lowest BCUT2D eigenvalue weighted by atomic mass is 9.87. The molecule has 0 fully saturated rings. The zero-order chi connectivity index (χ0) is 22.0. The maximum atomic E-state index is 15.3. The van der Waals surface area contributed by atoms with E-state index in [9.17, 15) is 0 Å². The Morgan fingerprint density at radius 1 is 0.636 bits per heavy atom. The Morgan fingerprint density at radius 3 is 2.21 bits per heavy atom. The third-order valence-corrected chi connectivity index (χ3v) is 11.3. The molecule has 0 saturated carbocycles. The predicted molar refractivity (Wildman–Crippen MR) is 141 cm³/mol. The molecule has 2 aromatic heterocycles. The summed E-state index contributed by atoms with van der Waals surface area (Å²) in [7, 11) is -3.08. The summed E-state index contributed by atoms with van der Waals surface area (Å²) in [6.07, 6.45) is 1.86. The van der Waals surface area contributed by atoms with Gasteiger partial charge < -0.3 is 4.57 Å². The van der Waals surface area contributed by atoms with Crippen LogP contribution in [0, 0.1) is 0 Å². The molecule has 0 bridgehead atoms. The quantitative estimate of drug-likeness (QED) is 0.201. The van der Waals surface area contributed by atoms with Crippen molar-refractivity contribution in [1.29, 1.82) is 0 Å². The normalized spacial score (nSPS) is 16.7. The van der Waals surface area contributed by atoms with E-state index >= 15 is 4.57 Å². The summed E-state index contributed by atoms with van der Waals surface area (Å²) in [6, 6.07) is 33.0. The summed E-state index contributed by atoms with van der Waals surface area (Å²) < 4.78 is 16.2. The van der Waals surface area contributed by atoms with Crippen LogP contribution in [0.25, 0.3) is 43.9 Å². The van der Waals surface area contributed by atoms with Crippen LogP contribution in [-0.2, 0) is 4.57 Å². The molecule has 0 radical (unpaired) electrons. The Kier molecular flexibility index (Phi) is 4.02. The molecule has 2 nitrogen and oxygen atoms in total. The molecule has 156 valence electrons. The number of nitrogens with zero attached hydrogens (tertiary/aromatic N) is 1. The predicted octanol–water partition coefficient (Wildman–Crippen LogP) is 6.74. The number of rotatable bonds is 1. The third-order valence-electron chi connectivity index (χ3n) is 6.61. The first-order chi connectivity index (χ1) is 16.3. The third kappa shape index (κ3) is 2.49. The SMILES string of the molecule is O=P1(c2ccccc2)c2ccccc2-c2c(c3ccccc3c3ncccc23)-c2ccsc21. The van der Waals surface area contributed by atoms with Gasteiger partial charge in [0.25, 0.3) is 0 Å². The fourth-order valence-corrected chi connectivity index (χ4v) is 9.95. The van der Waals surface area contributed by atoms with Crippen LogP contribution in [-0.4, -0.2) is 4.98 Å². The molecule has 3 heterocycles. The fraction of sp³-hybridized carbons (Fsp3) is 0. The highest BCUT2D eigenvalue weighted by atomic mass is 32.1. The maximum Gasteiger partial charge on any atom is 0.181 e. The van der Waals surface area contributed by atoms with Crippen molar-refractivity contribution in [2.75, 3.05) is 0 Å². The zero-order valence-corrected chi connectivity index (χ0v) is 19.3. The number of pyridine rings is 1. The lowest BCUT2D eigenvalue weighted by Crippen LogP contribution is -2.24. The maximum absolute atomic E-state index is 15.3. The Labute approximate surface area is 195 Å². The number of hydrogen-bond acceptors (Lipinski definition) is 3. The average Bonchev–Trinajstić information content (AvgIpc) is 3.35. The van der Waals surface area contributed by atoms with Gasteiger partial charge in [-0.05, 0) is 34.0 Å². The molecule has 4 aromatic carbocycles. The first-order valence-electron chi connectivity index (χ1n) is 10.9. The van der Waals surface area contributed by atoms with E-state index < -0.39 is 7.14 Å². The molecular weight excluding hydrogens is 441 g/mol. The first-order valence-corrected chi connectivity index (χ1v) is 13.5. The van der Waals surface area contributed by atoms with Gasteiger partial charge in [-0.15, -0.1) is 11.3 Å². The van der Waals surface area contributed by atoms with Gasteiger partial charge in [-0.3, -0.25) is 4.98 Å². The second-order valence-electron chi connectivity index (χ2n) is 8.30. The van der Waals surface area contributed by atoms with E-state index in [-0.39, 0.29) is 0 Å². The standard InChI is InChI=1S/C29H18NOPS/c31-32(19-9-2-1-3-10-19)25-15-7-6-13-22(25)27-23-14-8-17-30-28(23)21-12-5-4-11-20(21)26(27)24-16-18-33-29(24)32/h1-18H. The van der Waals surface area contributed by atoms with E-state index in [0.29, 0.717) is 0 Å². The van der Waals surface area contributed by atoms with Crippen LogP contribution < -0.4 is 15.2 Å². The van der Waals surface area contributed by atoms with E-state index in [0.717, 1.165) is 59.2 Å². The van der Waals surface area contributed by atoms with E-state index in [4.69, 9.17) is 4.98 Å². The van der Waals surface area contributed by atoms with Crippen molar-refractivity contribution in [2.24, 2.45) is 0 Å². The van der Waals surface area contributed by atoms with Gasteiger partial charge in [-0.2, -0.15) is 0 Å². The molecule has 0 saturated heterocycles. The smallest absolute Gasteiger partial charge is 0.181 e. The van der Waals surface area contributed by atoms with Crippen LogP contribution in [0.15, 0.2) is 109 Å². The second-order valence-corrected chi connectivity index (χ2v) is 12.2.